The van der Waals surface area contributed by atoms with Crippen LogP contribution in [0.4, 0.5) is 0 Å². The lowest BCUT2D eigenvalue weighted by Crippen LogP contribution is -2.69. The van der Waals surface area contributed by atoms with E-state index < -0.39 is 22.1 Å². The van der Waals surface area contributed by atoms with Gasteiger partial charge >= 0.3 is 0 Å². The molecule has 2 heterocycles. The first-order valence-corrected chi connectivity index (χ1v) is 10.9. The van der Waals surface area contributed by atoms with Gasteiger partial charge in [0.05, 0.1) is 12.0 Å². The average molecular weight is 410 g/mol. The summed E-state index contributed by atoms with van der Waals surface area (Å²) in [5.41, 5.74) is 0. The van der Waals surface area contributed by atoms with Crippen LogP contribution in [0, 0.1) is 5.92 Å². The lowest BCUT2D eigenvalue weighted by atomic mass is 10.0. The molecule has 2 fully saturated rings. The van der Waals surface area contributed by atoms with E-state index in [0.717, 1.165) is 4.31 Å². The molecule has 2 atom stereocenters. The largest absolute Gasteiger partial charge is 0.497 e. The highest BCUT2D eigenvalue weighted by Crippen LogP contribution is 2.29. The molecule has 3 rings (SSSR count). The van der Waals surface area contributed by atoms with Crippen molar-refractivity contribution in [3.63, 3.8) is 0 Å². The van der Waals surface area contributed by atoms with Gasteiger partial charge in [-0.15, -0.1) is 0 Å². The van der Waals surface area contributed by atoms with Crippen LogP contribution in [0.15, 0.2) is 29.2 Å². The Kier molecular flexibility index (Phi) is 5.67. The van der Waals surface area contributed by atoms with Gasteiger partial charge in [-0.1, -0.05) is 19.9 Å². The van der Waals surface area contributed by atoms with Gasteiger partial charge in [0.2, 0.25) is 21.8 Å². The number of fused-ring (bicyclic) bond motifs is 1. The highest BCUT2D eigenvalue weighted by Gasteiger charge is 2.49. The zero-order valence-corrected chi connectivity index (χ0v) is 17.5. The van der Waals surface area contributed by atoms with Crippen LogP contribution in [0.5, 0.6) is 5.75 Å². The zero-order chi connectivity index (χ0) is 20.6. The van der Waals surface area contributed by atoms with E-state index in [-0.39, 0.29) is 23.3 Å². The Morgan fingerprint density at radius 3 is 2.54 bits per heavy atom. The van der Waals surface area contributed by atoms with Crippen LogP contribution < -0.4 is 4.74 Å². The maximum atomic E-state index is 13.2. The molecule has 1 aromatic rings. The number of benzene rings is 1. The fraction of sp³-hybridized carbons (Fsp3) is 0.579. The van der Waals surface area contributed by atoms with Crippen molar-refractivity contribution in [1.82, 2.24) is 14.1 Å². The molecule has 0 spiro atoms. The number of carbonyl (C=O) groups excluding carboxylic acids is 2. The van der Waals surface area contributed by atoms with Crippen LogP contribution in [0.3, 0.4) is 0 Å². The number of carbonyl (C=O) groups is 2. The highest BCUT2D eigenvalue weighted by atomic mass is 32.2. The SMILES string of the molecule is COc1cccc(S(=O)(=O)N2C[C@H]3C(=O)N(CC(C)C)CCN3C(=O)[C@@H]2C)c1. The molecule has 0 aliphatic carbocycles. The van der Waals surface area contributed by atoms with Crippen molar-refractivity contribution < 1.29 is 22.7 Å². The summed E-state index contributed by atoms with van der Waals surface area (Å²) in [6, 6.07) is 4.49. The summed E-state index contributed by atoms with van der Waals surface area (Å²) in [7, 11) is -2.50. The summed E-state index contributed by atoms with van der Waals surface area (Å²) in [6.07, 6.45) is 0. The second-order valence-electron chi connectivity index (χ2n) is 7.66. The Bertz CT molecular complexity index is 870. The molecule has 0 radical (unpaired) electrons. The second kappa shape index (κ2) is 7.71. The minimum absolute atomic E-state index is 0.0418. The summed E-state index contributed by atoms with van der Waals surface area (Å²) < 4.78 is 32.7. The van der Waals surface area contributed by atoms with E-state index in [1.54, 1.807) is 24.0 Å². The average Bonchev–Trinajstić information content (AvgIpc) is 2.66. The molecule has 1 aromatic carbocycles. The smallest absolute Gasteiger partial charge is 0.246 e. The number of nitrogens with zero attached hydrogens (tertiary/aromatic N) is 3. The van der Waals surface area contributed by atoms with E-state index in [4.69, 9.17) is 4.74 Å². The molecular weight excluding hydrogens is 382 g/mol. The Morgan fingerprint density at radius 1 is 1.18 bits per heavy atom. The monoisotopic (exact) mass is 409 g/mol. The fourth-order valence-corrected chi connectivity index (χ4v) is 5.43. The van der Waals surface area contributed by atoms with Gasteiger partial charge in [0.15, 0.2) is 0 Å². The third kappa shape index (κ3) is 3.60. The van der Waals surface area contributed by atoms with Gasteiger partial charge < -0.3 is 14.5 Å². The maximum Gasteiger partial charge on any atom is 0.246 e. The van der Waals surface area contributed by atoms with Gasteiger partial charge in [-0.2, -0.15) is 4.31 Å². The van der Waals surface area contributed by atoms with Gasteiger partial charge in [0, 0.05) is 32.2 Å². The molecule has 2 aliphatic rings. The van der Waals surface area contributed by atoms with Gasteiger partial charge in [0.25, 0.3) is 0 Å². The molecule has 2 saturated heterocycles. The summed E-state index contributed by atoms with van der Waals surface area (Å²) >= 11 is 0. The van der Waals surface area contributed by atoms with Crippen molar-refractivity contribution in [3.8, 4) is 5.75 Å². The third-order valence-electron chi connectivity index (χ3n) is 5.24. The van der Waals surface area contributed by atoms with E-state index in [0.29, 0.717) is 31.3 Å². The Labute approximate surface area is 166 Å². The Balaban J connectivity index is 1.92. The van der Waals surface area contributed by atoms with Crippen LogP contribution >= 0.6 is 0 Å². The predicted molar refractivity (Wildman–Crippen MR) is 103 cm³/mol. The van der Waals surface area contributed by atoms with Crippen molar-refractivity contribution in [2.45, 2.75) is 37.8 Å². The molecule has 9 heteroatoms. The third-order valence-corrected chi connectivity index (χ3v) is 7.17. The van der Waals surface area contributed by atoms with Gasteiger partial charge in [-0.25, -0.2) is 8.42 Å². The number of piperazine rings is 2. The molecule has 0 bridgehead atoms. The van der Waals surface area contributed by atoms with E-state index in [9.17, 15) is 18.0 Å². The summed E-state index contributed by atoms with van der Waals surface area (Å²) in [5, 5.41) is 0. The minimum Gasteiger partial charge on any atom is -0.497 e. The number of rotatable bonds is 5. The number of ether oxygens (including phenoxy) is 1. The molecular formula is C19H27N3O5S. The molecule has 8 nitrogen and oxygen atoms in total. The molecule has 0 saturated carbocycles. The Hall–Kier alpha value is -2.13. The zero-order valence-electron chi connectivity index (χ0n) is 16.7. The van der Waals surface area contributed by atoms with Gasteiger partial charge in [-0.3, -0.25) is 9.59 Å². The van der Waals surface area contributed by atoms with E-state index in [1.807, 2.05) is 13.8 Å². The van der Waals surface area contributed by atoms with E-state index in [2.05, 4.69) is 0 Å². The van der Waals surface area contributed by atoms with Crippen LogP contribution in [-0.2, 0) is 19.6 Å². The maximum absolute atomic E-state index is 13.2. The first kappa shape index (κ1) is 20.6. The number of amides is 2. The van der Waals surface area contributed by atoms with Crippen molar-refractivity contribution in [2.75, 3.05) is 33.3 Å². The molecule has 0 unspecified atom stereocenters. The topological polar surface area (TPSA) is 87.2 Å². The van der Waals surface area contributed by atoms with E-state index >= 15 is 0 Å². The van der Waals surface area contributed by atoms with Crippen LogP contribution in [0.1, 0.15) is 20.8 Å². The van der Waals surface area contributed by atoms with Crippen molar-refractivity contribution in [2.24, 2.45) is 5.92 Å². The normalized spacial score (nSPS) is 23.9. The lowest BCUT2D eigenvalue weighted by molar-refractivity contribution is -0.158. The van der Waals surface area contributed by atoms with Crippen molar-refractivity contribution >= 4 is 21.8 Å². The van der Waals surface area contributed by atoms with Crippen molar-refractivity contribution in [3.05, 3.63) is 24.3 Å². The first-order chi connectivity index (χ1) is 13.2. The van der Waals surface area contributed by atoms with Crippen LogP contribution in [-0.4, -0.2) is 79.7 Å². The predicted octanol–water partition coefficient (Wildman–Crippen LogP) is 0.783. The molecule has 154 valence electrons. The number of hydrogen-bond acceptors (Lipinski definition) is 5. The van der Waals surface area contributed by atoms with Crippen LogP contribution in [0.25, 0.3) is 0 Å². The fourth-order valence-electron chi connectivity index (χ4n) is 3.80. The van der Waals surface area contributed by atoms with E-state index in [1.165, 1.54) is 24.1 Å². The molecule has 2 amide bonds. The second-order valence-corrected chi connectivity index (χ2v) is 9.55. The molecule has 2 aliphatic heterocycles. The number of sulfonamides is 1. The number of methoxy groups -OCH3 is 1. The first-order valence-electron chi connectivity index (χ1n) is 9.42. The molecule has 0 N–H and O–H groups in total. The quantitative estimate of drug-likeness (QED) is 0.717. The summed E-state index contributed by atoms with van der Waals surface area (Å²) in [6.45, 7) is 7.07. The summed E-state index contributed by atoms with van der Waals surface area (Å²) in [4.78, 5) is 29.1. The van der Waals surface area contributed by atoms with Crippen molar-refractivity contribution in [1.29, 1.82) is 0 Å². The summed E-state index contributed by atoms with van der Waals surface area (Å²) in [5.74, 6) is 0.187. The standard InChI is InChI=1S/C19H27N3O5S/c1-13(2)11-20-8-9-21-17(19(20)24)12-22(14(3)18(21)23)28(25,26)16-7-5-6-15(10-16)27-4/h5-7,10,13-14,17H,8-9,11-12H2,1-4H3/t14-,17-/m0/s1. The van der Waals surface area contributed by atoms with Gasteiger partial charge in [0.1, 0.15) is 17.8 Å². The van der Waals surface area contributed by atoms with Gasteiger partial charge in [-0.05, 0) is 25.0 Å². The van der Waals surface area contributed by atoms with Crippen LogP contribution in [0.2, 0.25) is 0 Å². The Morgan fingerprint density at radius 2 is 1.89 bits per heavy atom. The molecule has 28 heavy (non-hydrogen) atoms. The highest BCUT2D eigenvalue weighted by molar-refractivity contribution is 7.89. The minimum atomic E-state index is -3.96. The number of hydrogen-bond donors (Lipinski definition) is 0. The molecule has 0 aromatic heterocycles. The lowest BCUT2D eigenvalue weighted by Gasteiger charge is -2.48.